The Labute approximate surface area is 90.3 Å². The van der Waals surface area contributed by atoms with Gasteiger partial charge in [0.1, 0.15) is 5.82 Å². The summed E-state index contributed by atoms with van der Waals surface area (Å²) in [6.07, 6.45) is 5.41. The Morgan fingerprint density at radius 2 is 2.13 bits per heavy atom. The number of hydrogen-bond acceptors (Lipinski definition) is 4. The first-order valence-corrected chi connectivity index (χ1v) is 5.46. The molecule has 1 atom stereocenters. The maximum absolute atomic E-state index is 5.78. The van der Waals surface area contributed by atoms with Gasteiger partial charge in [-0.2, -0.15) is 0 Å². The van der Waals surface area contributed by atoms with Crippen molar-refractivity contribution >= 4 is 17.2 Å². The number of anilines is 3. The maximum Gasteiger partial charge on any atom is 0.130 e. The summed E-state index contributed by atoms with van der Waals surface area (Å²) in [6.45, 7) is 3.30. The van der Waals surface area contributed by atoms with Gasteiger partial charge in [0.15, 0.2) is 0 Å². The number of rotatable bonds is 1. The number of aromatic nitrogens is 1. The van der Waals surface area contributed by atoms with E-state index in [0.717, 1.165) is 12.4 Å². The van der Waals surface area contributed by atoms with E-state index in [-0.39, 0.29) is 0 Å². The van der Waals surface area contributed by atoms with Gasteiger partial charge in [0.25, 0.3) is 0 Å². The molecule has 0 bridgehead atoms. The zero-order valence-corrected chi connectivity index (χ0v) is 9.11. The molecule has 2 heterocycles. The summed E-state index contributed by atoms with van der Waals surface area (Å²) in [4.78, 5) is 6.64. The summed E-state index contributed by atoms with van der Waals surface area (Å²) < 4.78 is 0. The van der Waals surface area contributed by atoms with E-state index in [1.165, 1.54) is 19.3 Å². The monoisotopic (exact) mass is 206 g/mol. The van der Waals surface area contributed by atoms with Crippen LogP contribution in [0.2, 0.25) is 0 Å². The minimum atomic E-state index is 0.550. The number of nitrogen functional groups attached to an aromatic ring is 2. The molecule has 15 heavy (non-hydrogen) atoms. The van der Waals surface area contributed by atoms with E-state index >= 15 is 0 Å². The fourth-order valence-corrected chi connectivity index (χ4v) is 2.07. The lowest BCUT2D eigenvalue weighted by Crippen LogP contribution is -2.38. The molecule has 1 aliphatic rings. The van der Waals surface area contributed by atoms with E-state index in [0.29, 0.717) is 17.4 Å². The van der Waals surface area contributed by atoms with Crippen LogP contribution >= 0.6 is 0 Å². The van der Waals surface area contributed by atoms with Crippen LogP contribution in [0.4, 0.5) is 17.2 Å². The van der Waals surface area contributed by atoms with Crippen LogP contribution in [0.15, 0.2) is 12.3 Å². The van der Waals surface area contributed by atoms with Crippen LogP contribution in [-0.4, -0.2) is 17.6 Å². The molecule has 1 fully saturated rings. The molecule has 0 amide bonds. The molecule has 4 N–H and O–H groups in total. The second-order valence-electron chi connectivity index (χ2n) is 4.21. The van der Waals surface area contributed by atoms with Gasteiger partial charge >= 0.3 is 0 Å². The number of hydrogen-bond donors (Lipinski definition) is 2. The second kappa shape index (κ2) is 3.96. The summed E-state index contributed by atoms with van der Waals surface area (Å²) in [7, 11) is 0. The molecule has 0 saturated carbocycles. The molecule has 4 nitrogen and oxygen atoms in total. The van der Waals surface area contributed by atoms with Crippen molar-refractivity contribution in [3.05, 3.63) is 12.3 Å². The number of piperidine rings is 1. The van der Waals surface area contributed by atoms with Gasteiger partial charge in [-0.1, -0.05) is 0 Å². The quantitative estimate of drug-likeness (QED) is 0.732. The second-order valence-corrected chi connectivity index (χ2v) is 4.21. The molecule has 0 radical (unpaired) electrons. The lowest BCUT2D eigenvalue weighted by atomic mass is 10.0. The first kappa shape index (κ1) is 10.1. The predicted octanol–water partition coefficient (Wildman–Crippen LogP) is 1.62. The topological polar surface area (TPSA) is 68.2 Å². The Kier molecular flexibility index (Phi) is 2.66. The largest absolute Gasteiger partial charge is 0.397 e. The molecule has 1 aromatic heterocycles. The minimum absolute atomic E-state index is 0.550. The van der Waals surface area contributed by atoms with Crippen LogP contribution < -0.4 is 16.4 Å². The molecular weight excluding hydrogens is 188 g/mol. The smallest absolute Gasteiger partial charge is 0.130 e. The Bertz CT molecular complexity index is 350. The van der Waals surface area contributed by atoms with Crippen LogP contribution in [0.25, 0.3) is 0 Å². The molecular formula is C11H18N4. The number of pyridine rings is 1. The third-order valence-electron chi connectivity index (χ3n) is 3.05. The Balaban J connectivity index is 2.24. The lowest BCUT2D eigenvalue weighted by molar-refractivity contribution is 0.481. The van der Waals surface area contributed by atoms with E-state index < -0.39 is 0 Å². The van der Waals surface area contributed by atoms with Crippen LogP contribution in [0.1, 0.15) is 26.2 Å². The molecule has 1 unspecified atom stereocenters. The van der Waals surface area contributed by atoms with Crippen molar-refractivity contribution in [2.45, 2.75) is 32.2 Å². The van der Waals surface area contributed by atoms with Gasteiger partial charge in [0.2, 0.25) is 0 Å². The molecule has 0 aliphatic carbocycles. The summed E-state index contributed by atoms with van der Waals surface area (Å²) in [5.74, 6) is 0.953. The third kappa shape index (κ3) is 1.98. The fraction of sp³-hybridized carbons (Fsp3) is 0.545. The highest BCUT2D eigenvalue weighted by atomic mass is 15.2. The average molecular weight is 206 g/mol. The highest BCUT2D eigenvalue weighted by molar-refractivity contribution is 5.66. The van der Waals surface area contributed by atoms with Crippen LogP contribution in [0.5, 0.6) is 0 Å². The Hall–Kier alpha value is -1.45. The summed E-state index contributed by atoms with van der Waals surface area (Å²) in [6, 6.07) is 2.42. The Morgan fingerprint density at radius 1 is 1.33 bits per heavy atom. The van der Waals surface area contributed by atoms with Crippen LogP contribution in [0.3, 0.4) is 0 Å². The normalized spacial score (nSPS) is 21.7. The zero-order valence-electron chi connectivity index (χ0n) is 9.11. The molecule has 0 aromatic carbocycles. The Morgan fingerprint density at radius 3 is 2.80 bits per heavy atom. The van der Waals surface area contributed by atoms with Gasteiger partial charge in [0, 0.05) is 18.7 Å². The molecule has 1 aliphatic heterocycles. The van der Waals surface area contributed by atoms with Gasteiger partial charge in [-0.15, -0.1) is 0 Å². The number of nitrogens with two attached hydrogens (primary N) is 2. The SMILES string of the molecule is CC1CCCCN1c1cc(N)c(N)cn1. The summed E-state index contributed by atoms with van der Waals surface area (Å²) in [5.41, 5.74) is 12.6. The molecule has 0 spiro atoms. The average Bonchev–Trinajstić information content (AvgIpc) is 2.23. The first-order chi connectivity index (χ1) is 7.18. The molecule has 1 aromatic rings. The van der Waals surface area contributed by atoms with E-state index in [9.17, 15) is 0 Å². The highest BCUT2D eigenvalue weighted by Gasteiger charge is 2.19. The van der Waals surface area contributed by atoms with Crippen molar-refractivity contribution in [2.24, 2.45) is 0 Å². The van der Waals surface area contributed by atoms with E-state index in [2.05, 4.69) is 16.8 Å². The minimum Gasteiger partial charge on any atom is -0.397 e. The number of nitrogens with zero attached hydrogens (tertiary/aromatic N) is 2. The third-order valence-corrected chi connectivity index (χ3v) is 3.05. The van der Waals surface area contributed by atoms with Gasteiger partial charge in [-0.3, -0.25) is 0 Å². The zero-order chi connectivity index (χ0) is 10.8. The van der Waals surface area contributed by atoms with Crippen molar-refractivity contribution < 1.29 is 0 Å². The molecule has 2 rings (SSSR count). The summed E-state index contributed by atoms with van der Waals surface area (Å²) >= 11 is 0. The van der Waals surface area contributed by atoms with E-state index in [1.54, 1.807) is 6.20 Å². The van der Waals surface area contributed by atoms with Crippen molar-refractivity contribution in [3.63, 3.8) is 0 Å². The highest BCUT2D eigenvalue weighted by Crippen LogP contribution is 2.25. The molecule has 82 valence electrons. The summed E-state index contributed by atoms with van der Waals surface area (Å²) in [5, 5.41) is 0. The maximum atomic E-state index is 5.78. The van der Waals surface area contributed by atoms with Crippen molar-refractivity contribution in [3.8, 4) is 0 Å². The van der Waals surface area contributed by atoms with E-state index in [4.69, 9.17) is 11.5 Å². The fourth-order valence-electron chi connectivity index (χ4n) is 2.07. The first-order valence-electron chi connectivity index (χ1n) is 5.46. The van der Waals surface area contributed by atoms with Gasteiger partial charge < -0.3 is 16.4 Å². The predicted molar refractivity (Wildman–Crippen MR) is 63.7 cm³/mol. The lowest BCUT2D eigenvalue weighted by Gasteiger charge is -2.34. The molecule has 1 saturated heterocycles. The standard InChI is InChI=1S/C11H18N4/c1-8-4-2-3-5-15(8)11-6-9(12)10(13)7-14-11/h6-8H,2-5,13H2,1H3,(H2,12,14). The van der Waals surface area contributed by atoms with Gasteiger partial charge in [-0.05, 0) is 26.2 Å². The van der Waals surface area contributed by atoms with Crippen molar-refractivity contribution in [1.82, 2.24) is 4.98 Å². The van der Waals surface area contributed by atoms with E-state index in [1.807, 2.05) is 6.07 Å². The van der Waals surface area contributed by atoms with Crippen molar-refractivity contribution in [2.75, 3.05) is 22.9 Å². The molecule has 4 heteroatoms. The van der Waals surface area contributed by atoms with Gasteiger partial charge in [-0.25, -0.2) is 4.98 Å². The van der Waals surface area contributed by atoms with Gasteiger partial charge in [0.05, 0.1) is 17.6 Å². The van der Waals surface area contributed by atoms with Crippen LogP contribution in [-0.2, 0) is 0 Å². The van der Waals surface area contributed by atoms with Crippen LogP contribution in [0, 0.1) is 0 Å². The van der Waals surface area contributed by atoms with Crippen molar-refractivity contribution in [1.29, 1.82) is 0 Å².